The molecule has 0 N–H and O–H groups in total. The number of carbonyl (C=O) groups excluding carboxylic acids is 2. The molecule has 32 heavy (non-hydrogen) atoms. The zero-order chi connectivity index (χ0) is 23.4. The number of hydrogen-bond acceptors (Lipinski definition) is 8. The molecule has 0 aliphatic rings. The molecular formula is C23H27NO7S. The first kappa shape index (κ1) is 25.1. The standard InChI is InChI=1S/C23H27NO7S/c1-18(24-31-32(2,27)28)10-9-15-21(22(25)29-16-19-11-5-3-6-12-19)23(26)30-17-20-13-7-4-8-14-20/h3-8,11-14,21H,9-10,15-17H2,1-2H3/b24-18+. The molecule has 0 aromatic heterocycles. The van der Waals surface area contributed by atoms with Gasteiger partial charge in [0.1, 0.15) is 13.2 Å². The van der Waals surface area contributed by atoms with E-state index in [0.717, 1.165) is 17.4 Å². The van der Waals surface area contributed by atoms with Crippen molar-refractivity contribution in [1.29, 1.82) is 0 Å². The van der Waals surface area contributed by atoms with Gasteiger partial charge in [-0.3, -0.25) is 13.9 Å². The summed E-state index contributed by atoms with van der Waals surface area (Å²) in [6, 6.07) is 18.3. The summed E-state index contributed by atoms with van der Waals surface area (Å²) in [6.07, 6.45) is 1.77. The molecule has 8 nitrogen and oxygen atoms in total. The molecule has 0 saturated carbocycles. The number of oxime groups is 1. The molecule has 0 saturated heterocycles. The predicted octanol–water partition coefficient (Wildman–Crippen LogP) is 3.61. The van der Waals surface area contributed by atoms with Gasteiger partial charge in [0.2, 0.25) is 0 Å². The first-order valence-electron chi connectivity index (χ1n) is 10.1. The second-order valence-corrected chi connectivity index (χ2v) is 8.79. The largest absolute Gasteiger partial charge is 0.460 e. The number of esters is 2. The average molecular weight is 462 g/mol. The molecule has 9 heteroatoms. The van der Waals surface area contributed by atoms with E-state index in [2.05, 4.69) is 9.44 Å². The van der Waals surface area contributed by atoms with E-state index in [1.54, 1.807) is 6.92 Å². The van der Waals surface area contributed by atoms with Gasteiger partial charge in [0.25, 0.3) is 0 Å². The second-order valence-electron chi connectivity index (χ2n) is 7.24. The van der Waals surface area contributed by atoms with Gasteiger partial charge in [-0.1, -0.05) is 65.8 Å². The molecule has 2 aromatic carbocycles. The molecule has 0 aliphatic carbocycles. The van der Waals surface area contributed by atoms with Crippen molar-refractivity contribution < 1.29 is 31.8 Å². The summed E-state index contributed by atoms with van der Waals surface area (Å²) >= 11 is 0. The molecule has 172 valence electrons. The van der Waals surface area contributed by atoms with Crippen LogP contribution in [0, 0.1) is 5.92 Å². The van der Waals surface area contributed by atoms with Crippen LogP contribution in [0.2, 0.25) is 0 Å². The van der Waals surface area contributed by atoms with E-state index in [9.17, 15) is 18.0 Å². The number of hydrogen-bond donors (Lipinski definition) is 0. The second kappa shape index (κ2) is 12.6. The molecule has 0 heterocycles. The van der Waals surface area contributed by atoms with E-state index in [4.69, 9.17) is 9.47 Å². The Hall–Kier alpha value is -3.20. The monoisotopic (exact) mass is 461 g/mol. The smallest absolute Gasteiger partial charge is 0.325 e. The summed E-state index contributed by atoms with van der Waals surface area (Å²) in [5.41, 5.74) is 2.03. The number of ether oxygens (including phenoxy) is 2. The van der Waals surface area contributed by atoms with Gasteiger partial charge in [0.15, 0.2) is 5.92 Å². The van der Waals surface area contributed by atoms with E-state index in [1.807, 2.05) is 60.7 Å². The van der Waals surface area contributed by atoms with Crippen molar-refractivity contribution >= 4 is 27.8 Å². The highest BCUT2D eigenvalue weighted by Crippen LogP contribution is 2.16. The minimum Gasteiger partial charge on any atom is -0.460 e. The van der Waals surface area contributed by atoms with E-state index < -0.39 is 28.0 Å². The lowest BCUT2D eigenvalue weighted by atomic mass is 10.0. The fourth-order valence-corrected chi connectivity index (χ4v) is 2.99. The maximum Gasteiger partial charge on any atom is 0.325 e. The molecule has 0 amide bonds. The highest BCUT2D eigenvalue weighted by atomic mass is 32.2. The maximum absolute atomic E-state index is 12.6. The van der Waals surface area contributed by atoms with Crippen LogP contribution in [0.1, 0.15) is 37.3 Å². The van der Waals surface area contributed by atoms with Crippen molar-refractivity contribution in [1.82, 2.24) is 0 Å². The fraction of sp³-hybridized carbons (Fsp3) is 0.348. The topological polar surface area (TPSA) is 108 Å². The lowest BCUT2D eigenvalue weighted by Crippen LogP contribution is -2.28. The predicted molar refractivity (Wildman–Crippen MR) is 119 cm³/mol. The van der Waals surface area contributed by atoms with Gasteiger partial charge in [0.05, 0.1) is 12.0 Å². The minimum absolute atomic E-state index is 0.0465. The van der Waals surface area contributed by atoms with Gasteiger partial charge in [-0.05, 0) is 37.3 Å². The zero-order valence-corrected chi connectivity index (χ0v) is 18.9. The third kappa shape index (κ3) is 9.74. The average Bonchev–Trinajstić information content (AvgIpc) is 2.78. The molecule has 2 rings (SSSR count). The van der Waals surface area contributed by atoms with Crippen molar-refractivity contribution in [3.8, 4) is 0 Å². The molecule has 0 spiro atoms. The highest BCUT2D eigenvalue weighted by Gasteiger charge is 2.29. The Morgan fingerprint density at radius 1 is 0.875 bits per heavy atom. The van der Waals surface area contributed by atoms with Crippen molar-refractivity contribution in [3.63, 3.8) is 0 Å². The van der Waals surface area contributed by atoms with Crippen molar-refractivity contribution in [3.05, 3.63) is 71.8 Å². The lowest BCUT2D eigenvalue weighted by Gasteiger charge is -2.15. The summed E-state index contributed by atoms with van der Waals surface area (Å²) in [6.45, 7) is 1.69. The Bertz CT molecular complexity index is 950. The molecule has 0 atom stereocenters. The van der Waals surface area contributed by atoms with Crippen LogP contribution in [0.4, 0.5) is 0 Å². The van der Waals surface area contributed by atoms with Crippen LogP contribution in [0.3, 0.4) is 0 Å². The van der Waals surface area contributed by atoms with E-state index in [0.29, 0.717) is 18.6 Å². The SMILES string of the molecule is C/C(CCCC(C(=O)OCc1ccccc1)C(=O)OCc1ccccc1)=N\OS(C)(=O)=O. The summed E-state index contributed by atoms with van der Waals surface area (Å²) < 4.78 is 37.1. The normalized spacial score (nSPS) is 11.8. The Morgan fingerprint density at radius 2 is 1.34 bits per heavy atom. The van der Waals surface area contributed by atoms with Gasteiger partial charge in [-0.25, -0.2) is 0 Å². The Morgan fingerprint density at radius 3 is 1.78 bits per heavy atom. The van der Waals surface area contributed by atoms with Gasteiger partial charge in [0, 0.05) is 0 Å². The fourth-order valence-electron chi connectivity index (χ4n) is 2.73. The van der Waals surface area contributed by atoms with E-state index in [-0.39, 0.29) is 19.6 Å². The van der Waals surface area contributed by atoms with Crippen LogP contribution in [-0.4, -0.2) is 32.3 Å². The summed E-state index contributed by atoms with van der Waals surface area (Å²) in [4.78, 5) is 25.3. The van der Waals surface area contributed by atoms with Gasteiger partial charge >= 0.3 is 22.1 Å². The van der Waals surface area contributed by atoms with Crippen LogP contribution in [0.25, 0.3) is 0 Å². The molecule has 0 radical (unpaired) electrons. The van der Waals surface area contributed by atoms with Crippen LogP contribution >= 0.6 is 0 Å². The third-order valence-corrected chi connectivity index (χ3v) is 4.72. The first-order valence-corrected chi connectivity index (χ1v) is 11.9. The Balaban J connectivity index is 1.97. The molecule has 0 aliphatic heterocycles. The first-order chi connectivity index (χ1) is 15.2. The van der Waals surface area contributed by atoms with Crippen molar-refractivity contribution in [2.45, 2.75) is 39.4 Å². The summed E-state index contributed by atoms with van der Waals surface area (Å²) in [5, 5.41) is 3.53. The number of carbonyl (C=O) groups is 2. The summed E-state index contributed by atoms with van der Waals surface area (Å²) in [5.74, 6) is -2.45. The van der Waals surface area contributed by atoms with E-state index in [1.165, 1.54) is 0 Å². The van der Waals surface area contributed by atoms with Crippen LogP contribution in [0.5, 0.6) is 0 Å². The maximum atomic E-state index is 12.6. The quantitative estimate of drug-likeness (QED) is 0.206. The summed E-state index contributed by atoms with van der Waals surface area (Å²) in [7, 11) is -3.69. The van der Waals surface area contributed by atoms with Gasteiger partial charge in [-0.2, -0.15) is 8.42 Å². The number of rotatable bonds is 12. The van der Waals surface area contributed by atoms with Crippen LogP contribution < -0.4 is 0 Å². The molecular weight excluding hydrogens is 434 g/mol. The number of benzene rings is 2. The Kier molecular flexibility index (Phi) is 9.87. The number of nitrogens with zero attached hydrogens (tertiary/aromatic N) is 1. The molecule has 0 unspecified atom stereocenters. The van der Waals surface area contributed by atoms with Gasteiger partial charge < -0.3 is 9.47 Å². The van der Waals surface area contributed by atoms with Crippen molar-refractivity contribution in [2.24, 2.45) is 11.1 Å². The third-order valence-electron chi connectivity index (χ3n) is 4.38. The van der Waals surface area contributed by atoms with E-state index >= 15 is 0 Å². The molecule has 0 fully saturated rings. The molecule has 2 aromatic rings. The van der Waals surface area contributed by atoms with Gasteiger partial charge in [-0.15, -0.1) is 0 Å². The zero-order valence-electron chi connectivity index (χ0n) is 18.1. The Labute approximate surface area is 188 Å². The van der Waals surface area contributed by atoms with Crippen LogP contribution in [0.15, 0.2) is 65.8 Å². The van der Waals surface area contributed by atoms with Crippen LogP contribution in [-0.2, 0) is 46.7 Å². The molecule has 0 bridgehead atoms. The van der Waals surface area contributed by atoms with Crippen molar-refractivity contribution in [2.75, 3.05) is 6.26 Å². The lowest BCUT2D eigenvalue weighted by molar-refractivity contribution is -0.164. The highest BCUT2D eigenvalue weighted by molar-refractivity contribution is 7.85. The minimum atomic E-state index is -3.69.